The van der Waals surface area contributed by atoms with Gasteiger partial charge >= 0.3 is 6.80 Å². The van der Waals surface area contributed by atoms with Crippen molar-refractivity contribution in [3.8, 4) is 0 Å². The van der Waals surface area contributed by atoms with Gasteiger partial charge in [0.25, 0.3) is 0 Å². The van der Waals surface area contributed by atoms with Crippen LogP contribution in [0.4, 0.5) is 0 Å². The summed E-state index contributed by atoms with van der Waals surface area (Å²) < 4.78 is 24.9. The molecule has 0 atom stereocenters. The molecule has 0 aromatic heterocycles. The minimum atomic E-state index is -3.34. The highest BCUT2D eigenvalue weighted by atomic mass is 32.7. The fraction of sp³-hybridized carbons (Fsp3) is 0.909. The first kappa shape index (κ1) is 33.5. The van der Waals surface area contributed by atoms with Crippen LogP contribution < -0.4 is 10.6 Å². The van der Waals surface area contributed by atoms with Crippen LogP contribution in [0.2, 0.25) is 0 Å². The minimum absolute atomic E-state index is 0.139. The van der Waals surface area contributed by atoms with Crippen LogP contribution in [0.3, 0.4) is 0 Å². The minimum Gasteiger partial charge on any atom is -0.319 e. The van der Waals surface area contributed by atoms with Gasteiger partial charge in [-0.2, -0.15) is 0 Å². The molecule has 0 heterocycles. The van der Waals surface area contributed by atoms with Crippen LogP contribution in [-0.2, 0) is 23.2 Å². The van der Waals surface area contributed by atoms with Crippen molar-refractivity contribution in [1.29, 1.82) is 0 Å². The van der Waals surface area contributed by atoms with Gasteiger partial charge in [-0.05, 0) is 57.3 Å². The van der Waals surface area contributed by atoms with Crippen LogP contribution in [0.5, 0.6) is 0 Å². The summed E-state index contributed by atoms with van der Waals surface area (Å²) in [6, 6.07) is 0. The lowest BCUT2D eigenvalue weighted by atomic mass is 9.99. The summed E-state index contributed by atoms with van der Waals surface area (Å²) in [5.74, 6) is 2.15. The Labute approximate surface area is 214 Å². The highest BCUT2D eigenvalue weighted by molar-refractivity contribution is 8.55. The number of carbonyl (C=O) groups excluding carboxylic acids is 2. The molecule has 33 heavy (non-hydrogen) atoms. The Morgan fingerprint density at radius 1 is 0.818 bits per heavy atom. The second kappa shape index (κ2) is 17.0. The summed E-state index contributed by atoms with van der Waals surface area (Å²) in [6.07, 6.45) is 1.24. The fourth-order valence-electron chi connectivity index (χ4n) is 2.31. The lowest BCUT2D eigenvalue weighted by Gasteiger charge is -2.21. The molecule has 0 radical (unpaired) electrons. The molecule has 0 fully saturated rings. The van der Waals surface area contributed by atoms with E-state index < -0.39 is 6.80 Å². The average molecular weight is 545 g/mol. The maximum absolute atomic E-state index is 13.4. The van der Waals surface area contributed by atoms with E-state index in [1.807, 2.05) is 55.6 Å². The smallest absolute Gasteiger partial charge is 0.319 e. The zero-order valence-corrected chi connectivity index (χ0v) is 25.0. The zero-order valence-electron chi connectivity index (χ0n) is 21.7. The first-order chi connectivity index (χ1) is 15.2. The van der Waals surface area contributed by atoms with Gasteiger partial charge in [0.1, 0.15) is 0 Å². The number of rotatable bonds is 17. The second-order valence-corrected chi connectivity index (χ2v) is 16.1. The highest BCUT2D eigenvalue weighted by Crippen LogP contribution is 2.61. The van der Waals surface area contributed by atoms with E-state index in [2.05, 4.69) is 10.6 Å². The van der Waals surface area contributed by atoms with E-state index in [9.17, 15) is 14.2 Å². The Hall–Kier alpha value is 0.460. The van der Waals surface area contributed by atoms with Gasteiger partial charge < -0.3 is 19.7 Å². The fourth-order valence-corrected chi connectivity index (χ4v) is 7.70. The SMILES string of the molecule is CNCC(CNC)CSP(=O)(OCCCSC(=O)C(C)(C)C)OCCCSC(=O)C(C)(C)C. The number of nitrogens with one attached hydrogen (secondary N) is 2. The number of thioether (sulfide) groups is 2. The molecule has 0 aromatic carbocycles. The van der Waals surface area contributed by atoms with Gasteiger partial charge in [0, 0.05) is 28.1 Å². The molecule has 0 saturated heterocycles. The molecule has 0 rings (SSSR count). The van der Waals surface area contributed by atoms with Crippen molar-refractivity contribution >= 4 is 51.9 Å². The van der Waals surface area contributed by atoms with E-state index in [1.165, 1.54) is 34.9 Å². The molecule has 2 N–H and O–H groups in total. The molecular weight excluding hydrogens is 499 g/mol. The molecule has 0 spiro atoms. The molecule has 0 saturated carbocycles. The normalized spacial score (nSPS) is 13.0. The van der Waals surface area contributed by atoms with Crippen LogP contribution >= 0.6 is 41.7 Å². The highest BCUT2D eigenvalue weighted by Gasteiger charge is 2.28. The van der Waals surface area contributed by atoms with Crippen LogP contribution in [0.15, 0.2) is 0 Å². The van der Waals surface area contributed by atoms with E-state index in [4.69, 9.17) is 9.05 Å². The molecule has 0 unspecified atom stereocenters. The van der Waals surface area contributed by atoms with E-state index in [-0.39, 0.29) is 40.2 Å². The van der Waals surface area contributed by atoms with Crippen molar-refractivity contribution in [1.82, 2.24) is 10.6 Å². The molecule has 0 aliphatic carbocycles. The molecule has 0 aliphatic heterocycles. The number of carbonyl (C=O) groups is 2. The Balaban J connectivity index is 4.69. The third kappa shape index (κ3) is 16.7. The lowest BCUT2D eigenvalue weighted by Crippen LogP contribution is -2.29. The van der Waals surface area contributed by atoms with E-state index >= 15 is 0 Å². The molecule has 11 heteroatoms. The third-order valence-corrected chi connectivity index (χ3v) is 10.9. The summed E-state index contributed by atoms with van der Waals surface area (Å²) >= 11 is 3.81. The quantitative estimate of drug-likeness (QED) is 0.185. The predicted molar refractivity (Wildman–Crippen MR) is 146 cm³/mol. The molecule has 0 aliphatic rings. The van der Waals surface area contributed by atoms with Crippen molar-refractivity contribution in [3.63, 3.8) is 0 Å². The van der Waals surface area contributed by atoms with Crippen LogP contribution in [-0.4, -0.2) is 67.9 Å². The van der Waals surface area contributed by atoms with Crippen molar-refractivity contribution < 1.29 is 23.2 Å². The summed E-state index contributed by atoms with van der Waals surface area (Å²) in [4.78, 5) is 24.1. The third-order valence-electron chi connectivity index (χ3n) is 4.22. The number of hydrogen-bond acceptors (Lipinski definition) is 10. The van der Waals surface area contributed by atoms with Gasteiger partial charge in [0.05, 0.1) is 13.2 Å². The lowest BCUT2D eigenvalue weighted by molar-refractivity contribution is -0.118. The van der Waals surface area contributed by atoms with Crippen LogP contribution in [0.25, 0.3) is 0 Å². The second-order valence-electron chi connectivity index (χ2n) is 9.87. The number of hydrogen-bond donors (Lipinski definition) is 2. The summed E-state index contributed by atoms with van der Waals surface area (Å²) in [5.41, 5.74) is -0.746. The molecule has 7 nitrogen and oxygen atoms in total. The van der Waals surface area contributed by atoms with Crippen LogP contribution in [0.1, 0.15) is 54.4 Å². The predicted octanol–water partition coefficient (Wildman–Crippen LogP) is 5.31. The van der Waals surface area contributed by atoms with Crippen molar-refractivity contribution in [3.05, 3.63) is 0 Å². The van der Waals surface area contributed by atoms with Crippen LogP contribution in [0, 0.1) is 16.7 Å². The van der Waals surface area contributed by atoms with E-state index in [0.29, 0.717) is 30.1 Å². The first-order valence-corrected chi connectivity index (χ1v) is 16.5. The maximum Gasteiger partial charge on any atom is 0.389 e. The van der Waals surface area contributed by atoms with Crippen molar-refractivity contribution in [2.24, 2.45) is 16.7 Å². The molecular formula is C22H45N2O5PS3. The van der Waals surface area contributed by atoms with Gasteiger partial charge in [-0.1, -0.05) is 65.1 Å². The van der Waals surface area contributed by atoms with Crippen molar-refractivity contribution in [2.75, 3.05) is 57.7 Å². The summed E-state index contributed by atoms with van der Waals surface area (Å²) in [7, 11) is 3.79. The van der Waals surface area contributed by atoms with Crippen molar-refractivity contribution in [2.45, 2.75) is 54.4 Å². The molecule has 0 aromatic rings. The molecule has 0 bridgehead atoms. The largest absolute Gasteiger partial charge is 0.389 e. The molecule has 0 amide bonds. The standard InChI is InChI=1S/C22H45N2O5PS3/c1-21(2,3)19(25)31-13-9-11-28-30(27,33-17-18(15-23-7)16-24-8)29-12-10-14-32-20(26)22(4,5)6/h18,23-24H,9-17H2,1-8H3. The summed E-state index contributed by atoms with van der Waals surface area (Å²) in [6.45, 7) is 10.2. The Bertz CT molecular complexity index is 578. The van der Waals surface area contributed by atoms with Gasteiger partial charge in [-0.3, -0.25) is 9.59 Å². The van der Waals surface area contributed by atoms with Gasteiger partial charge in [0.2, 0.25) is 0 Å². The van der Waals surface area contributed by atoms with E-state index in [1.54, 1.807) is 0 Å². The Morgan fingerprint density at radius 3 is 1.55 bits per heavy atom. The Morgan fingerprint density at radius 2 is 1.21 bits per heavy atom. The first-order valence-electron chi connectivity index (χ1n) is 11.4. The van der Waals surface area contributed by atoms with E-state index in [0.717, 1.165) is 13.1 Å². The zero-order chi connectivity index (χ0) is 25.5. The van der Waals surface area contributed by atoms with Gasteiger partial charge in [-0.15, -0.1) is 0 Å². The van der Waals surface area contributed by atoms with Gasteiger partial charge in [-0.25, -0.2) is 4.57 Å². The Kier molecular flexibility index (Phi) is 17.2. The summed E-state index contributed by atoms with van der Waals surface area (Å²) in [5, 5.41) is 6.60. The topological polar surface area (TPSA) is 93.7 Å². The monoisotopic (exact) mass is 544 g/mol. The molecule has 196 valence electrons. The maximum atomic E-state index is 13.4. The average Bonchev–Trinajstić information content (AvgIpc) is 2.70. The van der Waals surface area contributed by atoms with Gasteiger partial charge in [0.15, 0.2) is 10.2 Å².